The Morgan fingerprint density at radius 2 is 1.81 bits per heavy atom. The van der Waals surface area contributed by atoms with Crippen LogP contribution in [0.25, 0.3) is 0 Å². The van der Waals surface area contributed by atoms with Crippen LogP contribution in [-0.2, 0) is 6.42 Å². The summed E-state index contributed by atoms with van der Waals surface area (Å²) in [7, 11) is 0. The Hall–Kier alpha value is -3.41. The first-order valence-corrected chi connectivity index (χ1v) is 10.8. The Morgan fingerprint density at radius 3 is 2.48 bits per heavy atom. The van der Waals surface area contributed by atoms with E-state index < -0.39 is 0 Å². The number of hydrogen-bond donors (Lipinski definition) is 1. The van der Waals surface area contributed by atoms with E-state index in [1.54, 1.807) is 17.0 Å². The van der Waals surface area contributed by atoms with Gasteiger partial charge in [-0.15, -0.1) is 0 Å². The molecule has 31 heavy (non-hydrogen) atoms. The number of Topliss-reactive ketones (excluding diaryl/α,β-unsaturated/α-hetero) is 1. The minimum atomic E-state index is -0.205. The van der Waals surface area contributed by atoms with Gasteiger partial charge in [-0.2, -0.15) is 5.10 Å². The van der Waals surface area contributed by atoms with Crippen molar-refractivity contribution in [3.05, 3.63) is 77.1 Å². The Kier molecular flexibility index (Phi) is 6.16. The summed E-state index contributed by atoms with van der Waals surface area (Å²) >= 11 is 0. The molecule has 1 atom stereocenters. The summed E-state index contributed by atoms with van der Waals surface area (Å²) in [6.45, 7) is 5.02. The van der Waals surface area contributed by atoms with Crippen LogP contribution in [0.2, 0.25) is 0 Å². The van der Waals surface area contributed by atoms with Crippen molar-refractivity contribution in [1.82, 2.24) is 15.1 Å². The Balaban J connectivity index is 1.42. The predicted octanol–water partition coefficient (Wildman–Crippen LogP) is 4.81. The summed E-state index contributed by atoms with van der Waals surface area (Å²) in [5, 5.41) is 7.17. The molecule has 1 amide bonds. The molecule has 2 aromatic carbocycles. The van der Waals surface area contributed by atoms with E-state index in [1.165, 1.54) is 0 Å². The highest BCUT2D eigenvalue weighted by molar-refractivity contribution is 5.99. The summed E-state index contributed by atoms with van der Waals surface area (Å²) in [6.07, 6.45) is 2.39. The molecule has 1 aliphatic rings. The second-order valence-corrected chi connectivity index (χ2v) is 7.92. The number of aryl methyl sites for hydroxylation is 1. The maximum absolute atomic E-state index is 13.1. The molecule has 0 radical (unpaired) electrons. The lowest BCUT2D eigenvalue weighted by molar-refractivity contribution is 0.0631. The normalized spacial score (nSPS) is 16.2. The van der Waals surface area contributed by atoms with E-state index in [-0.39, 0.29) is 17.6 Å². The number of carbonyl (C=O) groups excluding carboxylic acids is 2. The molecule has 0 saturated carbocycles. The molecule has 1 N–H and O–H groups in total. The minimum Gasteiger partial charge on any atom is -0.457 e. The number of ether oxygens (including phenoxy) is 1. The zero-order valence-electron chi connectivity index (χ0n) is 17.9. The molecule has 6 heteroatoms. The van der Waals surface area contributed by atoms with Crippen LogP contribution < -0.4 is 4.74 Å². The van der Waals surface area contributed by atoms with Gasteiger partial charge in [0, 0.05) is 35.8 Å². The Bertz CT molecular complexity index is 1060. The lowest BCUT2D eigenvalue weighted by Crippen LogP contribution is -2.42. The molecule has 0 spiro atoms. The summed E-state index contributed by atoms with van der Waals surface area (Å²) in [6, 6.07) is 16.8. The number of benzene rings is 2. The minimum absolute atomic E-state index is 0.0664. The van der Waals surface area contributed by atoms with Crippen LogP contribution >= 0.6 is 0 Å². The first kappa shape index (κ1) is 20.8. The predicted molar refractivity (Wildman–Crippen MR) is 119 cm³/mol. The van der Waals surface area contributed by atoms with Crippen LogP contribution in [0.15, 0.2) is 54.6 Å². The number of likely N-dealkylation sites (tertiary alicyclic amines) is 1. The fraction of sp³-hybridized carbons (Fsp3) is 0.320. The third kappa shape index (κ3) is 4.53. The summed E-state index contributed by atoms with van der Waals surface area (Å²) in [4.78, 5) is 27.8. The van der Waals surface area contributed by atoms with Gasteiger partial charge in [-0.25, -0.2) is 0 Å². The molecule has 0 unspecified atom stereocenters. The second-order valence-electron chi connectivity index (χ2n) is 7.92. The third-order valence-electron chi connectivity index (χ3n) is 5.86. The summed E-state index contributed by atoms with van der Waals surface area (Å²) < 4.78 is 5.80. The van der Waals surface area contributed by atoms with Gasteiger partial charge in [0.25, 0.3) is 5.91 Å². The van der Waals surface area contributed by atoms with E-state index in [9.17, 15) is 9.59 Å². The van der Waals surface area contributed by atoms with Crippen molar-refractivity contribution in [2.75, 3.05) is 13.1 Å². The number of amides is 1. The number of H-pyrrole nitrogens is 1. The van der Waals surface area contributed by atoms with E-state index in [1.807, 2.05) is 56.3 Å². The highest BCUT2D eigenvalue weighted by Crippen LogP contribution is 2.26. The molecule has 1 aliphatic heterocycles. The average Bonchev–Trinajstić information content (AvgIpc) is 3.19. The van der Waals surface area contributed by atoms with E-state index in [4.69, 9.17) is 4.74 Å². The average molecular weight is 418 g/mol. The van der Waals surface area contributed by atoms with Gasteiger partial charge in [0.15, 0.2) is 11.5 Å². The first-order chi connectivity index (χ1) is 15.1. The molecular formula is C25H27N3O3. The fourth-order valence-corrected chi connectivity index (χ4v) is 4.06. The zero-order valence-corrected chi connectivity index (χ0v) is 17.9. The van der Waals surface area contributed by atoms with Crippen molar-refractivity contribution >= 4 is 11.7 Å². The van der Waals surface area contributed by atoms with Crippen LogP contribution in [-0.4, -0.2) is 39.9 Å². The maximum atomic E-state index is 13.1. The van der Waals surface area contributed by atoms with E-state index in [0.29, 0.717) is 30.1 Å². The van der Waals surface area contributed by atoms with Gasteiger partial charge < -0.3 is 9.64 Å². The number of ketones is 1. The highest BCUT2D eigenvalue weighted by Gasteiger charge is 2.31. The van der Waals surface area contributed by atoms with Crippen LogP contribution in [0.4, 0.5) is 0 Å². The number of aromatic amines is 1. The van der Waals surface area contributed by atoms with Gasteiger partial charge in [0.05, 0.1) is 0 Å². The number of rotatable bonds is 6. The summed E-state index contributed by atoms with van der Waals surface area (Å²) in [5.41, 5.74) is 2.98. The van der Waals surface area contributed by atoms with Crippen molar-refractivity contribution in [3.8, 4) is 11.5 Å². The van der Waals surface area contributed by atoms with Gasteiger partial charge >= 0.3 is 0 Å². The highest BCUT2D eigenvalue weighted by atomic mass is 16.5. The van der Waals surface area contributed by atoms with Crippen molar-refractivity contribution in [2.45, 2.75) is 33.1 Å². The molecule has 160 valence electrons. The van der Waals surface area contributed by atoms with Crippen LogP contribution in [0.3, 0.4) is 0 Å². The van der Waals surface area contributed by atoms with Gasteiger partial charge in [0.1, 0.15) is 11.5 Å². The quantitative estimate of drug-likeness (QED) is 0.584. The van der Waals surface area contributed by atoms with Gasteiger partial charge in [-0.3, -0.25) is 14.7 Å². The number of piperidine rings is 1. The van der Waals surface area contributed by atoms with E-state index in [0.717, 1.165) is 36.3 Å². The number of aromatic nitrogens is 2. The number of nitrogens with one attached hydrogen (secondary N) is 1. The molecule has 1 fully saturated rings. The topological polar surface area (TPSA) is 75.3 Å². The van der Waals surface area contributed by atoms with Crippen molar-refractivity contribution in [1.29, 1.82) is 0 Å². The fourth-order valence-electron chi connectivity index (χ4n) is 4.06. The van der Waals surface area contributed by atoms with Crippen LogP contribution in [0.1, 0.15) is 51.9 Å². The monoisotopic (exact) mass is 417 g/mol. The Morgan fingerprint density at radius 1 is 1.10 bits per heavy atom. The van der Waals surface area contributed by atoms with E-state index in [2.05, 4.69) is 10.2 Å². The molecule has 0 aliphatic carbocycles. The standard InChI is InChI=1S/C25H27N3O3/c1-3-22-17(2)23(27-26-22)25(30)28-15-7-8-19(16-28)24(29)18-11-13-21(14-12-18)31-20-9-5-4-6-10-20/h4-6,9-14,19H,3,7-8,15-16H2,1-2H3,(H,26,27)/t19-/m1/s1. The molecule has 1 aromatic heterocycles. The van der Waals surface area contributed by atoms with E-state index >= 15 is 0 Å². The van der Waals surface area contributed by atoms with Crippen molar-refractivity contribution in [3.63, 3.8) is 0 Å². The van der Waals surface area contributed by atoms with Gasteiger partial charge in [-0.05, 0) is 62.6 Å². The lowest BCUT2D eigenvalue weighted by atomic mass is 9.89. The number of carbonyl (C=O) groups is 2. The largest absolute Gasteiger partial charge is 0.457 e. The summed E-state index contributed by atoms with van der Waals surface area (Å²) in [5.74, 6) is 1.20. The van der Waals surface area contributed by atoms with Gasteiger partial charge in [-0.1, -0.05) is 25.1 Å². The third-order valence-corrected chi connectivity index (χ3v) is 5.86. The number of hydrogen-bond acceptors (Lipinski definition) is 4. The molecule has 4 rings (SSSR count). The molecule has 6 nitrogen and oxygen atoms in total. The molecule has 0 bridgehead atoms. The second kappa shape index (κ2) is 9.16. The first-order valence-electron chi connectivity index (χ1n) is 10.8. The molecule has 3 aromatic rings. The molecular weight excluding hydrogens is 390 g/mol. The number of para-hydroxylation sites is 1. The lowest BCUT2D eigenvalue weighted by Gasteiger charge is -2.31. The van der Waals surface area contributed by atoms with Crippen molar-refractivity contribution in [2.24, 2.45) is 5.92 Å². The Labute approximate surface area is 182 Å². The molecule has 1 saturated heterocycles. The van der Waals surface area contributed by atoms with Crippen molar-refractivity contribution < 1.29 is 14.3 Å². The van der Waals surface area contributed by atoms with Crippen LogP contribution in [0.5, 0.6) is 11.5 Å². The molecule has 2 heterocycles. The number of nitrogens with zero attached hydrogens (tertiary/aromatic N) is 2. The van der Waals surface area contributed by atoms with Crippen LogP contribution in [0, 0.1) is 12.8 Å². The zero-order chi connectivity index (χ0) is 21.8. The smallest absolute Gasteiger partial charge is 0.274 e. The maximum Gasteiger partial charge on any atom is 0.274 e. The van der Waals surface area contributed by atoms with Gasteiger partial charge in [0.2, 0.25) is 0 Å². The SMILES string of the molecule is CCc1[nH]nc(C(=O)N2CCC[C@@H](C(=O)c3ccc(Oc4ccccc4)cc3)C2)c1C.